The smallest absolute Gasteiger partial charge is 0.101 e. The Labute approximate surface area is 97.8 Å². The summed E-state index contributed by atoms with van der Waals surface area (Å²) in [5.74, 6) is 0. The molecule has 0 aliphatic heterocycles. The Morgan fingerprint density at radius 3 is 2.31 bits per heavy atom. The van der Waals surface area contributed by atoms with Crippen LogP contribution < -0.4 is 0 Å². The maximum atomic E-state index is 10.1. The van der Waals surface area contributed by atoms with Crippen LogP contribution in [0.2, 0.25) is 0 Å². The number of hydrogen-bond acceptors (Lipinski definition) is 1. The summed E-state index contributed by atoms with van der Waals surface area (Å²) >= 11 is 0. The monoisotopic (exact) mass is 216 g/mol. The van der Waals surface area contributed by atoms with Crippen LogP contribution in [-0.2, 0) is 5.41 Å². The third-order valence-corrected chi connectivity index (χ3v) is 3.62. The third kappa shape index (κ3) is 1.60. The van der Waals surface area contributed by atoms with Gasteiger partial charge in [-0.1, -0.05) is 39.0 Å². The van der Waals surface area contributed by atoms with E-state index < -0.39 is 6.10 Å². The summed E-state index contributed by atoms with van der Waals surface area (Å²) in [5, 5.41) is 10.1. The van der Waals surface area contributed by atoms with Crippen LogP contribution >= 0.6 is 0 Å². The second-order valence-corrected chi connectivity index (χ2v) is 5.76. The molecule has 0 amide bonds. The molecular formula is C15H20O. The standard InChI is InChI=1S/C15H20O/c1-9-10(2)14(16)12-7-6-11(8-13(9)12)15(3,4)5/h6-8,14,16H,1-5H3. The minimum Gasteiger partial charge on any atom is -0.384 e. The Hall–Kier alpha value is -1.08. The van der Waals surface area contributed by atoms with Crippen LogP contribution in [0.5, 0.6) is 0 Å². The van der Waals surface area contributed by atoms with Crippen LogP contribution in [0, 0.1) is 0 Å². The van der Waals surface area contributed by atoms with Crippen molar-refractivity contribution < 1.29 is 5.11 Å². The fraction of sp³-hybridized carbons (Fsp3) is 0.467. The maximum absolute atomic E-state index is 10.1. The van der Waals surface area contributed by atoms with Gasteiger partial charge in [-0.25, -0.2) is 0 Å². The molecule has 0 aromatic heterocycles. The van der Waals surface area contributed by atoms with Gasteiger partial charge in [-0.3, -0.25) is 0 Å². The van der Waals surface area contributed by atoms with Crippen LogP contribution in [0.4, 0.5) is 0 Å². The van der Waals surface area contributed by atoms with Crippen molar-refractivity contribution in [2.45, 2.75) is 46.1 Å². The largest absolute Gasteiger partial charge is 0.384 e. The number of fused-ring (bicyclic) bond motifs is 1. The fourth-order valence-electron chi connectivity index (χ4n) is 2.24. The Bertz CT molecular complexity index is 461. The highest BCUT2D eigenvalue weighted by molar-refractivity contribution is 5.76. The highest BCUT2D eigenvalue weighted by Gasteiger charge is 2.26. The molecule has 2 rings (SSSR count). The average Bonchev–Trinajstić information content (AvgIpc) is 2.43. The molecule has 0 heterocycles. The van der Waals surface area contributed by atoms with E-state index in [-0.39, 0.29) is 5.41 Å². The molecule has 86 valence electrons. The van der Waals surface area contributed by atoms with Gasteiger partial charge in [-0.2, -0.15) is 0 Å². The van der Waals surface area contributed by atoms with Gasteiger partial charge in [-0.15, -0.1) is 0 Å². The first-order valence-electron chi connectivity index (χ1n) is 5.82. The molecule has 0 bridgehead atoms. The molecule has 0 spiro atoms. The number of hydrogen-bond donors (Lipinski definition) is 1. The van der Waals surface area contributed by atoms with E-state index in [2.05, 4.69) is 45.9 Å². The highest BCUT2D eigenvalue weighted by atomic mass is 16.3. The molecule has 1 N–H and O–H groups in total. The zero-order valence-electron chi connectivity index (χ0n) is 10.8. The van der Waals surface area contributed by atoms with Gasteiger partial charge in [0.1, 0.15) is 6.10 Å². The van der Waals surface area contributed by atoms with E-state index in [0.717, 1.165) is 11.1 Å². The van der Waals surface area contributed by atoms with Gasteiger partial charge in [0.05, 0.1) is 0 Å². The Morgan fingerprint density at radius 2 is 1.75 bits per heavy atom. The van der Waals surface area contributed by atoms with Gasteiger partial charge in [0, 0.05) is 0 Å². The van der Waals surface area contributed by atoms with Gasteiger partial charge >= 0.3 is 0 Å². The lowest BCUT2D eigenvalue weighted by atomic mass is 9.85. The molecule has 1 aliphatic carbocycles. The third-order valence-electron chi connectivity index (χ3n) is 3.62. The van der Waals surface area contributed by atoms with Crippen molar-refractivity contribution >= 4 is 5.57 Å². The first-order chi connectivity index (χ1) is 7.32. The minimum absolute atomic E-state index is 0.163. The second-order valence-electron chi connectivity index (χ2n) is 5.76. The van der Waals surface area contributed by atoms with E-state index >= 15 is 0 Å². The zero-order valence-corrected chi connectivity index (χ0v) is 10.8. The highest BCUT2D eigenvalue weighted by Crippen LogP contribution is 2.41. The molecule has 1 atom stereocenters. The normalized spacial score (nSPS) is 20.2. The number of aliphatic hydroxyl groups excluding tert-OH is 1. The van der Waals surface area contributed by atoms with E-state index in [4.69, 9.17) is 0 Å². The van der Waals surface area contributed by atoms with Crippen LogP contribution in [0.25, 0.3) is 5.57 Å². The van der Waals surface area contributed by atoms with Crippen LogP contribution in [0.1, 0.15) is 57.4 Å². The van der Waals surface area contributed by atoms with E-state index in [1.54, 1.807) is 0 Å². The lowest BCUT2D eigenvalue weighted by Gasteiger charge is -2.20. The topological polar surface area (TPSA) is 20.2 Å². The second kappa shape index (κ2) is 3.46. The van der Waals surface area contributed by atoms with Crippen LogP contribution in [0.3, 0.4) is 0 Å². The van der Waals surface area contributed by atoms with Crippen molar-refractivity contribution in [2.24, 2.45) is 0 Å². The Kier molecular flexibility index (Phi) is 2.47. The van der Waals surface area contributed by atoms with Crippen molar-refractivity contribution in [3.05, 3.63) is 40.5 Å². The molecule has 0 radical (unpaired) electrons. The molecule has 16 heavy (non-hydrogen) atoms. The summed E-state index contributed by atoms with van der Waals surface area (Å²) in [6.45, 7) is 10.7. The number of allylic oxidation sites excluding steroid dienone is 1. The molecule has 1 aromatic rings. The van der Waals surface area contributed by atoms with Crippen molar-refractivity contribution in [3.8, 4) is 0 Å². The Balaban J connectivity index is 2.58. The van der Waals surface area contributed by atoms with Crippen molar-refractivity contribution in [2.75, 3.05) is 0 Å². The summed E-state index contributed by atoms with van der Waals surface area (Å²) in [6.07, 6.45) is -0.399. The van der Waals surface area contributed by atoms with Gasteiger partial charge in [0.2, 0.25) is 0 Å². The molecule has 1 unspecified atom stereocenters. The predicted molar refractivity (Wildman–Crippen MR) is 68.4 cm³/mol. The van der Waals surface area contributed by atoms with E-state index in [1.807, 2.05) is 6.92 Å². The van der Waals surface area contributed by atoms with E-state index in [9.17, 15) is 5.11 Å². The molecule has 0 fully saturated rings. The van der Waals surface area contributed by atoms with E-state index in [1.165, 1.54) is 16.7 Å². The van der Waals surface area contributed by atoms with Crippen LogP contribution in [-0.4, -0.2) is 5.11 Å². The molecule has 1 heteroatoms. The Morgan fingerprint density at radius 1 is 1.12 bits per heavy atom. The molecule has 1 aromatic carbocycles. The van der Waals surface area contributed by atoms with Gasteiger partial charge in [0.15, 0.2) is 0 Å². The summed E-state index contributed by atoms with van der Waals surface area (Å²) in [5.41, 5.74) is 6.08. The average molecular weight is 216 g/mol. The van der Waals surface area contributed by atoms with Crippen LogP contribution in [0.15, 0.2) is 23.8 Å². The molecule has 0 saturated heterocycles. The first kappa shape index (κ1) is 11.4. The SMILES string of the molecule is CC1=C(C)C(O)c2ccc(C(C)(C)C)cc21. The number of rotatable bonds is 0. The summed E-state index contributed by atoms with van der Waals surface area (Å²) in [7, 11) is 0. The quantitative estimate of drug-likeness (QED) is 0.699. The lowest BCUT2D eigenvalue weighted by Crippen LogP contribution is -2.11. The summed E-state index contributed by atoms with van der Waals surface area (Å²) in [4.78, 5) is 0. The van der Waals surface area contributed by atoms with Crippen molar-refractivity contribution in [1.82, 2.24) is 0 Å². The molecule has 0 saturated carbocycles. The molecular weight excluding hydrogens is 196 g/mol. The molecule has 1 aliphatic rings. The van der Waals surface area contributed by atoms with Gasteiger partial charge in [-0.05, 0) is 47.1 Å². The van der Waals surface area contributed by atoms with Crippen molar-refractivity contribution in [1.29, 1.82) is 0 Å². The summed E-state index contributed by atoms with van der Waals surface area (Å²) in [6, 6.07) is 6.43. The zero-order chi connectivity index (χ0) is 12.1. The number of benzene rings is 1. The van der Waals surface area contributed by atoms with Crippen molar-refractivity contribution in [3.63, 3.8) is 0 Å². The van der Waals surface area contributed by atoms with E-state index in [0.29, 0.717) is 0 Å². The molecule has 1 nitrogen and oxygen atoms in total. The summed E-state index contributed by atoms with van der Waals surface area (Å²) < 4.78 is 0. The number of aliphatic hydroxyl groups is 1. The van der Waals surface area contributed by atoms with Gasteiger partial charge in [0.25, 0.3) is 0 Å². The lowest BCUT2D eigenvalue weighted by molar-refractivity contribution is 0.219. The predicted octanol–water partition coefficient (Wildman–Crippen LogP) is 3.82. The minimum atomic E-state index is -0.399. The first-order valence-corrected chi connectivity index (χ1v) is 5.82. The fourth-order valence-corrected chi connectivity index (χ4v) is 2.24. The van der Waals surface area contributed by atoms with Gasteiger partial charge < -0.3 is 5.11 Å². The maximum Gasteiger partial charge on any atom is 0.101 e.